The van der Waals surface area contributed by atoms with Crippen molar-refractivity contribution in [2.24, 2.45) is 0 Å². The lowest BCUT2D eigenvalue weighted by atomic mass is 10.1. The summed E-state index contributed by atoms with van der Waals surface area (Å²) in [5.74, 6) is -1.10. The van der Waals surface area contributed by atoms with E-state index in [1.807, 2.05) is 0 Å². The van der Waals surface area contributed by atoms with Crippen LogP contribution in [0.3, 0.4) is 0 Å². The van der Waals surface area contributed by atoms with Gasteiger partial charge in [-0.15, -0.1) is 0 Å². The molecule has 142 valence electrons. The Bertz CT molecular complexity index is 999. The lowest BCUT2D eigenvalue weighted by Crippen LogP contribution is -2.22. The number of aromatic hydroxyl groups is 1. The summed E-state index contributed by atoms with van der Waals surface area (Å²) in [7, 11) is 0. The zero-order valence-electron chi connectivity index (χ0n) is 15.2. The summed E-state index contributed by atoms with van der Waals surface area (Å²) >= 11 is 0. The number of amides is 2. The molecule has 0 unspecified atom stereocenters. The van der Waals surface area contributed by atoms with Gasteiger partial charge < -0.3 is 15.7 Å². The number of carbonyl (C=O) groups is 2. The number of hydrogen-bond acceptors (Lipinski definition) is 3. The van der Waals surface area contributed by atoms with Crippen molar-refractivity contribution in [2.75, 3.05) is 5.32 Å². The molecular formula is C22H19FN2O3. The molecule has 0 aliphatic heterocycles. The van der Waals surface area contributed by atoms with Crippen molar-refractivity contribution in [3.63, 3.8) is 0 Å². The number of carbonyl (C=O) groups excluding carboxylic acids is 2. The Morgan fingerprint density at radius 2 is 1.61 bits per heavy atom. The predicted molar refractivity (Wildman–Crippen MR) is 105 cm³/mol. The molecule has 0 aliphatic rings. The van der Waals surface area contributed by atoms with Gasteiger partial charge in [-0.1, -0.05) is 24.3 Å². The second-order valence-corrected chi connectivity index (χ2v) is 6.31. The maximum Gasteiger partial charge on any atom is 0.259 e. The van der Waals surface area contributed by atoms with E-state index in [9.17, 15) is 19.1 Å². The number of anilines is 1. The molecule has 0 aromatic heterocycles. The normalized spacial score (nSPS) is 10.4. The Kier molecular flexibility index (Phi) is 5.69. The Hall–Kier alpha value is -3.67. The van der Waals surface area contributed by atoms with Gasteiger partial charge in [-0.25, -0.2) is 4.39 Å². The Morgan fingerprint density at radius 1 is 0.929 bits per heavy atom. The number of nitrogens with one attached hydrogen (secondary N) is 2. The first-order valence-corrected chi connectivity index (χ1v) is 8.66. The predicted octanol–water partition coefficient (Wildman–Crippen LogP) is 4.02. The summed E-state index contributed by atoms with van der Waals surface area (Å²) in [6.07, 6.45) is 0. The molecule has 3 aromatic carbocycles. The van der Waals surface area contributed by atoms with Crippen LogP contribution in [0.5, 0.6) is 5.75 Å². The second kappa shape index (κ2) is 8.35. The zero-order chi connectivity index (χ0) is 20.1. The van der Waals surface area contributed by atoms with Crippen LogP contribution in [0.2, 0.25) is 0 Å². The summed E-state index contributed by atoms with van der Waals surface area (Å²) in [6.45, 7) is 2.00. The summed E-state index contributed by atoms with van der Waals surface area (Å²) in [5.41, 5.74) is 2.51. The molecule has 5 nitrogen and oxygen atoms in total. The van der Waals surface area contributed by atoms with E-state index in [1.54, 1.807) is 55.5 Å². The van der Waals surface area contributed by atoms with Gasteiger partial charge >= 0.3 is 0 Å². The van der Waals surface area contributed by atoms with Gasteiger partial charge in [0.2, 0.25) is 0 Å². The highest BCUT2D eigenvalue weighted by Gasteiger charge is 2.13. The van der Waals surface area contributed by atoms with Crippen LogP contribution in [0.1, 0.15) is 31.8 Å². The first-order chi connectivity index (χ1) is 13.4. The van der Waals surface area contributed by atoms with Crippen molar-refractivity contribution in [2.45, 2.75) is 13.5 Å². The second-order valence-electron chi connectivity index (χ2n) is 6.31. The molecule has 3 aromatic rings. The van der Waals surface area contributed by atoms with Crippen LogP contribution < -0.4 is 10.6 Å². The van der Waals surface area contributed by atoms with E-state index >= 15 is 0 Å². The van der Waals surface area contributed by atoms with Crippen molar-refractivity contribution in [3.8, 4) is 5.75 Å². The van der Waals surface area contributed by atoms with Gasteiger partial charge in [0, 0.05) is 17.8 Å². The van der Waals surface area contributed by atoms with Crippen LogP contribution in [0.15, 0.2) is 66.7 Å². The number of para-hydroxylation sites is 1. The molecule has 0 saturated carbocycles. The van der Waals surface area contributed by atoms with Gasteiger partial charge in [-0.2, -0.15) is 0 Å². The van der Waals surface area contributed by atoms with E-state index in [4.69, 9.17) is 0 Å². The highest BCUT2D eigenvalue weighted by atomic mass is 19.1. The van der Waals surface area contributed by atoms with E-state index in [0.717, 1.165) is 5.56 Å². The van der Waals surface area contributed by atoms with Crippen LogP contribution in [0.25, 0.3) is 0 Å². The monoisotopic (exact) mass is 378 g/mol. The highest BCUT2D eigenvalue weighted by Crippen LogP contribution is 2.22. The number of rotatable bonds is 5. The molecule has 0 radical (unpaired) electrons. The molecule has 0 spiro atoms. The van der Waals surface area contributed by atoms with Crippen LogP contribution in [-0.2, 0) is 6.54 Å². The number of phenols is 1. The Balaban J connectivity index is 1.61. The van der Waals surface area contributed by atoms with Crippen molar-refractivity contribution in [3.05, 3.63) is 94.8 Å². The lowest BCUT2D eigenvalue weighted by molar-refractivity contribution is 0.0950. The molecule has 0 heterocycles. The molecule has 2 amide bonds. The van der Waals surface area contributed by atoms with Gasteiger partial charge in [0.1, 0.15) is 11.6 Å². The van der Waals surface area contributed by atoms with Crippen molar-refractivity contribution in [1.82, 2.24) is 5.32 Å². The number of hydrogen-bond donors (Lipinski definition) is 3. The fourth-order valence-corrected chi connectivity index (χ4v) is 2.63. The number of phenolic OH excluding ortho intramolecular Hbond substituents is 1. The third-order valence-corrected chi connectivity index (χ3v) is 4.25. The van der Waals surface area contributed by atoms with Gasteiger partial charge in [0.05, 0.1) is 5.56 Å². The third-order valence-electron chi connectivity index (χ3n) is 4.25. The van der Waals surface area contributed by atoms with Gasteiger partial charge in [0.25, 0.3) is 11.8 Å². The van der Waals surface area contributed by atoms with Crippen LogP contribution in [-0.4, -0.2) is 16.9 Å². The largest absolute Gasteiger partial charge is 0.507 e. The molecule has 0 saturated heterocycles. The van der Waals surface area contributed by atoms with E-state index in [-0.39, 0.29) is 29.6 Å². The maximum atomic E-state index is 12.9. The lowest BCUT2D eigenvalue weighted by Gasteiger charge is -2.09. The summed E-state index contributed by atoms with van der Waals surface area (Å²) in [6, 6.07) is 17.2. The quantitative estimate of drug-likeness (QED) is 0.627. The van der Waals surface area contributed by atoms with Gasteiger partial charge in [-0.05, 0) is 60.5 Å². The van der Waals surface area contributed by atoms with Crippen LogP contribution in [0.4, 0.5) is 10.1 Å². The highest BCUT2D eigenvalue weighted by molar-refractivity contribution is 6.06. The molecule has 0 bridgehead atoms. The molecule has 0 fully saturated rings. The molecule has 6 heteroatoms. The molecular weight excluding hydrogens is 359 g/mol. The van der Waals surface area contributed by atoms with E-state index in [0.29, 0.717) is 16.8 Å². The SMILES string of the molecule is Cc1cccc(C(=O)Nc2ccc(C(=O)NCc3ccc(F)cc3)cc2)c1O. The minimum atomic E-state index is -0.435. The zero-order valence-corrected chi connectivity index (χ0v) is 15.2. The van der Waals surface area contributed by atoms with Gasteiger partial charge in [-0.3, -0.25) is 9.59 Å². The topological polar surface area (TPSA) is 78.4 Å². The van der Waals surface area contributed by atoms with Crippen molar-refractivity contribution < 1.29 is 19.1 Å². The Morgan fingerprint density at radius 3 is 2.29 bits per heavy atom. The Labute approximate surface area is 161 Å². The molecule has 0 aliphatic carbocycles. The fourth-order valence-electron chi connectivity index (χ4n) is 2.63. The fraction of sp³-hybridized carbons (Fsp3) is 0.0909. The number of aryl methyl sites for hydroxylation is 1. The molecule has 3 rings (SSSR count). The minimum absolute atomic E-state index is 0.0585. The maximum absolute atomic E-state index is 12.9. The van der Waals surface area contributed by atoms with Crippen molar-refractivity contribution in [1.29, 1.82) is 0 Å². The average Bonchev–Trinajstić information content (AvgIpc) is 2.70. The molecule has 0 atom stereocenters. The van der Waals surface area contributed by atoms with E-state index in [1.165, 1.54) is 18.2 Å². The molecule has 3 N–H and O–H groups in total. The standard InChI is InChI=1S/C22H19FN2O3/c1-14-3-2-4-19(20(14)26)22(28)25-18-11-7-16(8-12-18)21(27)24-13-15-5-9-17(23)10-6-15/h2-12,26H,13H2,1H3,(H,24,27)(H,25,28). The van der Waals surface area contributed by atoms with Crippen LogP contribution >= 0.6 is 0 Å². The van der Waals surface area contributed by atoms with Gasteiger partial charge in [0.15, 0.2) is 0 Å². The minimum Gasteiger partial charge on any atom is -0.507 e. The van der Waals surface area contributed by atoms with E-state index in [2.05, 4.69) is 10.6 Å². The molecule has 28 heavy (non-hydrogen) atoms. The summed E-state index contributed by atoms with van der Waals surface area (Å²) in [5, 5.41) is 15.4. The van der Waals surface area contributed by atoms with Crippen LogP contribution in [0, 0.1) is 12.7 Å². The first kappa shape index (κ1) is 19.1. The van der Waals surface area contributed by atoms with Crippen molar-refractivity contribution >= 4 is 17.5 Å². The summed E-state index contributed by atoms with van der Waals surface area (Å²) < 4.78 is 12.9. The number of halogens is 1. The van der Waals surface area contributed by atoms with E-state index < -0.39 is 5.91 Å². The number of benzene rings is 3. The third kappa shape index (κ3) is 4.54. The average molecular weight is 378 g/mol. The first-order valence-electron chi connectivity index (χ1n) is 8.66. The smallest absolute Gasteiger partial charge is 0.259 e. The summed E-state index contributed by atoms with van der Waals surface area (Å²) in [4.78, 5) is 24.5.